The molecule has 0 spiro atoms. The number of benzene rings is 1. The van der Waals surface area contributed by atoms with Gasteiger partial charge in [0.05, 0.1) is 11.0 Å². The fourth-order valence-corrected chi connectivity index (χ4v) is 1.93. The van der Waals surface area contributed by atoms with Crippen LogP contribution in [0.3, 0.4) is 0 Å². The monoisotopic (exact) mass is 249 g/mol. The first-order valence-electron chi connectivity index (χ1n) is 5.65. The summed E-state index contributed by atoms with van der Waals surface area (Å²) >= 11 is 0. The molecular weight excluding hydrogens is 234 g/mol. The third-order valence-corrected chi connectivity index (χ3v) is 3.03. The lowest BCUT2D eigenvalue weighted by Gasteiger charge is -2.10. The number of nitrogens with one attached hydrogen (secondary N) is 1. The fourth-order valence-electron chi connectivity index (χ4n) is 1.93. The molecule has 2 aromatic rings. The van der Waals surface area contributed by atoms with Crippen LogP contribution in [0.5, 0.6) is 0 Å². The number of imidazole rings is 1. The van der Waals surface area contributed by atoms with E-state index in [0.29, 0.717) is 11.9 Å². The average Bonchev–Trinajstić information content (AvgIpc) is 2.61. The SMILES string of the molecule is Cn1c(=O)[nH]c2cc(C(N)CCC(=O)O)ccc21. The van der Waals surface area contributed by atoms with Gasteiger partial charge in [-0.2, -0.15) is 0 Å². The van der Waals surface area contributed by atoms with Crippen molar-refractivity contribution in [3.8, 4) is 0 Å². The van der Waals surface area contributed by atoms with E-state index in [2.05, 4.69) is 4.98 Å². The molecule has 96 valence electrons. The van der Waals surface area contributed by atoms with Gasteiger partial charge in [-0.3, -0.25) is 9.36 Å². The highest BCUT2D eigenvalue weighted by Gasteiger charge is 2.10. The Morgan fingerprint density at radius 2 is 2.28 bits per heavy atom. The number of nitrogens with zero attached hydrogens (tertiary/aromatic N) is 1. The molecular formula is C12H15N3O3. The molecule has 0 fully saturated rings. The number of hydrogen-bond donors (Lipinski definition) is 3. The van der Waals surface area contributed by atoms with Crippen LogP contribution in [0.4, 0.5) is 0 Å². The Labute approximate surface area is 103 Å². The van der Waals surface area contributed by atoms with Crippen molar-refractivity contribution in [1.29, 1.82) is 0 Å². The number of H-pyrrole nitrogens is 1. The summed E-state index contributed by atoms with van der Waals surface area (Å²) in [7, 11) is 1.69. The molecule has 4 N–H and O–H groups in total. The van der Waals surface area contributed by atoms with Gasteiger partial charge in [-0.05, 0) is 24.1 Å². The molecule has 0 amide bonds. The molecule has 18 heavy (non-hydrogen) atoms. The Morgan fingerprint density at radius 1 is 1.56 bits per heavy atom. The molecule has 6 heteroatoms. The summed E-state index contributed by atoms with van der Waals surface area (Å²) in [6.07, 6.45) is 0.405. The van der Waals surface area contributed by atoms with Crippen LogP contribution in [0.2, 0.25) is 0 Å². The molecule has 0 aliphatic rings. The molecule has 0 bridgehead atoms. The zero-order valence-corrected chi connectivity index (χ0v) is 10.0. The number of carboxylic acids is 1. The van der Waals surface area contributed by atoms with E-state index in [1.54, 1.807) is 13.1 Å². The Bertz CT molecular complexity index is 642. The second-order valence-electron chi connectivity index (χ2n) is 4.30. The molecule has 0 saturated heterocycles. The lowest BCUT2D eigenvalue weighted by atomic mass is 10.0. The minimum atomic E-state index is -0.861. The Hall–Kier alpha value is -2.08. The summed E-state index contributed by atoms with van der Waals surface area (Å²) in [6, 6.07) is 5.09. The van der Waals surface area contributed by atoms with Crippen LogP contribution in [-0.4, -0.2) is 20.6 Å². The van der Waals surface area contributed by atoms with Gasteiger partial charge < -0.3 is 15.8 Å². The zero-order chi connectivity index (χ0) is 13.3. The van der Waals surface area contributed by atoms with Gasteiger partial charge in [0.1, 0.15) is 0 Å². The molecule has 6 nitrogen and oxygen atoms in total. The van der Waals surface area contributed by atoms with Gasteiger partial charge >= 0.3 is 11.7 Å². The third kappa shape index (κ3) is 2.28. The van der Waals surface area contributed by atoms with Gasteiger partial charge in [-0.1, -0.05) is 6.07 Å². The van der Waals surface area contributed by atoms with E-state index < -0.39 is 5.97 Å². The van der Waals surface area contributed by atoms with Gasteiger partial charge in [0.25, 0.3) is 0 Å². The summed E-state index contributed by atoms with van der Waals surface area (Å²) < 4.78 is 1.52. The van der Waals surface area contributed by atoms with Gasteiger partial charge in [0, 0.05) is 19.5 Å². The lowest BCUT2D eigenvalue weighted by molar-refractivity contribution is -0.137. The Morgan fingerprint density at radius 3 is 2.94 bits per heavy atom. The molecule has 0 aliphatic heterocycles. The minimum absolute atomic E-state index is 0.0323. The highest BCUT2D eigenvalue weighted by atomic mass is 16.4. The van der Waals surface area contributed by atoms with Crippen molar-refractivity contribution in [2.45, 2.75) is 18.9 Å². The number of carboxylic acid groups (broad SMARTS) is 1. The van der Waals surface area contributed by atoms with Gasteiger partial charge in [-0.15, -0.1) is 0 Å². The minimum Gasteiger partial charge on any atom is -0.481 e. The molecule has 1 aromatic heterocycles. The summed E-state index contributed by atoms with van der Waals surface area (Å²) in [5, 5.41) is 8.61. The van der Waals surface area contributed by atoms with Crippen molar-refractivity contribution in [1.82, 2.24) is 9.55 Å². The van der Waals surface area contributed by atoms with E-state index in [1.807, 2.05) is 12.1 Å². The molecule has 1 aromatic carbocycles. The smallest absolute Gasteiger partial charge is 0.326 e. The van der Waals surface area contributed by atoms with Gasteiger partial charge in [-0.25, -0.2) is 4.79 Å². The van der Waals surface area contributed by atoms with Crippen molar-refractivity contribution in [2.75, 3.05) is 0 Å². The Balaban J connectivity index is 2.29. The van der Waals surface area contributed by atoms with Crippen molar-refractivity contribution in [3.05, 3.63) is 34.2 Å². The molecule has 1 atom stereocenters. The molecule has 1 unspecified atom stereocenters. The number of aryl methyl sites for hydroxylation is 1. The normalized spacial score (nSPS) is 12.8. The summed E-state index contributed by atoms with van der Waals surface area (Å²) in [5.74, 6) is -0.861. The van der Waals surface area contributed by atoms with Crippen LogP contribution in [0.15, 0.2) is 23.0 Å². The van der Waals surface area contributed by atoms with Gasteiger partial charge in [0.2, 0.25) is 0 Å². The fraction of sp³-hybridized carbons (Fsp3) is 0.333. The summed E-state index contributed by atoms with van der Waals surface area (Å²) in [4.78, 5) is 24.6. The first-order valence-corrected chi connectivity index (χ1v) is 5.65. The first kappa shape index (κ1) is 12.4. The Kier molecular flexibility index (Phi) is 3.20. The number of aromatic nitrogens is 2. The zero-order valence-electron chi connectivity index (χ0n) is 10.0. The van der Waals surface area contributed by atoms with Crippen LogP contribution in [-0.2, 0) is 11.8 Å². The van der Waals surface area contributed by atoms with Crippen molar-refractivity contribution in [2.24, 2.45) is 12.8 Å². The second kappa shape index (κ2) is 4.66. The van der Waals surface area contributed by atoms with Crippen molar-refractivity contribution < 1.29 is 9.90 Å². The maximum absolute atomic E-state index is 11.4. The van der Waals surface area contributed by atoms with Crippen LogP contribution in [0.1, 0.15) is 24.4 Å². The van der Waals surface area contributed by atoms with E-state index in [1.165, 1.54) is 4.57 Å². The average molecular weight is 249 g/mol. The third-order valence-electron chi connectivity index (χ3n) is 3.03. The van der Waals surface area contributed by atoms with E-state index in [0.717, 1.165) is 11.1 Å². The number of hydrogen-bond acceptors (Lipinski definition) is 3. The summed E-state index contributed by atoms with van der Waals surface area (Å²) in [5.41, 5.74) is 8.08. The van der Waals surface area contributed by atoms with Crippen molar-refractivity contribution in [3.63, 3.8) is 0 Å². The van der Waals surface area contributed by atoms with Crippen LogP contribution < -0.4 is 11.4 Å². The predicted molar refractivity (Wildman–Crippen MR) is 67.3 cm³/mol. The number of aromatic amines is 1. The molecule has 1 heterocycles. The molecule has 0 radical (unpaired) electrons. The quantitative estimate of drug-likeness (QED) is 0.743. The molecule has 0 aliphatic carbocycles. The lowest BCUT2D eigenvalue weighted by Crippen LogP contribution is -2.12. The van der Waals surface area contributed by atoms with Crippen LogP contribution >= 0.6 is 0 Å². The number of aliphatic carboxylic acids is 1. The van der Waals surface area contributed by atoms with E-state index >= 15 is 0 Å². The maximum Gasteiger partial charge on any atom is 0.326 e. The topological polar surface area (TPSA) is 101 Å². The number of nitrogens with two attached hydrogens (primary N) is 1. The number of carbonyl (C=O) groups is 1. The van der Waals surface area contributed by atoms with Crippen LogP contribution in [0, 0.1) is 0 Å². The highest BCUT2D eigenvalue weighted by molar-refractivity contribution is 5.76. The van der Waals surface area contributed by atoms with E-state index in [9.17, 15) is 9.59 Å². The number of fused-ring (bicyclic) bond motifs is 1. The van der Waals surface area contributed by atoms with Crippen molar-refractivity contribution >= 4 is 17.0 Å². The summed E-state index contributed by atoms with van der Waals surface area (Å²) in [6.45, 7) is 0. The predicted octanol–water partition coefficient (Wildman–Crippen LogP) is 0.731. The standard InChI is InChI=1S/C12H15N3O3/c1-15-10-4-2-7(6-9(10)14-12(15)18)8(13)3-5-11(16)17/h2,4,6,8H,3,5,13H2,1H3,(H,14,18)(H,16,17). The van der Waals surface area contributed by atoms with E-state index in [4.69, 9.17) is 10.8 Å². The first-order chi connectivity index (χ1) is 8.49. The second-order valence-corrected chi connectivity index (χ2v) is 4.30. The molecule has 2 rings (SSSR count). The van der Waals surface area contributed by atoms with Crippen LogP contribution in [0.25, 0.3) is 11.0 Å². The largest absolute Gasteiger partial charge is 0.481 e. The van der Waals surface area contributed by atoms with E-state index in [-0.39, 0.29) is 18.2 Å². The van der Waals surface area contributed by atoms with Gasteiger partial charge in [0.15, 0.2) is 0 Å². The molecule has 0 saturated carbocycles. The maximum atomic E-state index is 11.4. The highest BCUT2D eigenvalue weighted by Crippen LogP contribution is 2.19. The number of rotatable bonds is 4.